The molecule has 0 amide bonds. The number of benzene rings is 3. The van der Waals surface area contributed by atoms with Gasteiger partial charge in [0.15, 0.2) is 0 Å². The van der Waals surface area contributed by atoms with Gasteiger partial charge < -0.3 is 10.2 Å². The molecule has 200 valence electrons. The summed E-state index contributed by atoms with van der Waals surface area (Å²) in [5.74, 6) is 0. The first-order valence-corrected chi connectivity index (χ1v) is 13.3. The fraction of sp³-hybridized carbons (Fsp3) is 0.188. The standard InChI is InChI=1S/C32H25F3N4O/c33-32(34,35)27-18-25(8-10-29(27)38-14-12-36-13-15-38)39-30(40)11-7-24-19-37-28-9-6-23(17-26(28)31(24)39)22-5-4-20-2-1-3-21(20)16-22/h1,3-11,16-19,36H,2,12-15H2. The molecule has 0 spiro atoms. The number of aromatic nitrogens is 2. The summed E-state index contributed by atoms with van der Waals surface area (Å²) in [6.07, 6.45) is 2.24. The number of hydrogen-bond donors (Lipinski definition) is 1. The van der Waals surface area contributed by atoms with E-state index in [1.807, 2.05) is 18.2 Å². The number of alkyl halides is 3. The third-order valence-corrected chi connectivity index (χ3v) is 7.83. The fourth-order valence-electron chi connectivity index (χ4n) is 5.85. The topological polar surface area (TPSA) is 50.2 Å². The van der Waals surface area contributed by atoms with Gasteiger partial charge in [0.05, 0.1) is 22.3 Å². The van der Waals surface area contributed by atoms with E-state index in [9.17, 15) is 18.0 Å². The zero-order valence-electron chi connectivity index (χ0n) is 21.5. The number of rotatable bonds is 3. The maximum atomic E-state index is 14.4. The molecule has 2 aliphatic rings. The van der Waals surface area contributed by atoms with Gasteiger partial charge in [0.1, 0.15) is 0 Å². The number of pyridine rings is 2. The highest BCUT2D eigenvalue weighted by Crippen LogP contribution is 2.39. The van der Waals surface area contributed by atoms with Crippen molar-refractivity contribution in [3.63, 3.8) is 0 Å². The van der Waals surface area contributed by atoms with Crippen LogP contribution in [-0.2, 0) is 12.6 Å². The van der Waals surface area contributed by atoms with Gasteiger partial charge in [0.2, 0.25) is 0 Å². The summed E-state index contributed by atoms with van der Waals surface area (Å²) in [7, 11) is 0. The van der Waals surface area contributed by atoms with Gasteiger partial charge >= 0.3 is 6.18 Å². The van der Waals surface area contributed by atoms with Crippen LogP contribution in [0.1, 0.15) is 16.7 Å². The van der Waals surface area contributed by atoms with Gasteiger partial charge in [-0.25, -0.2) is 0 Å². The third kappa shape index (κ3) is 4.16. The van der Waals surface area contributed by atoms with E-state index in [0.717, 1.165) is 23.6 Å². The Labute approximate surface area is 228 Å². The van der Waals surface area contributed by atoms with Gasteiger partial charge in [-0.15, -0.1) is 0 Å². The Morgan fingerprint density at radius 3 is 2.50 bits per heavy atom. The second kappa shape index (κ2) is 9.34. The van der Waals surface area contributed by atoms with Crippen molar-refractivity contribution in [1.82, 2.24) is 14.9 Å². The Kier molecular flexibility index (Phi) is 5.75. The van der Waals surface area contributed by atoms with Crippen molar-refractivity contribution in [2.75, 3.05) is 31.1 Å². The molecule has 3 heterocycles. The molecule has 8 heteroatoms. The summed E-state index contributed by atoms with van der Waals surface area (Å²) < 4.78 is 44.5. The molecule has 0 saturated carbocycles. The van der Waals surface area contributed by atoms with Crippen molar-refractivity contribution >= 4 is 33.6 Å². The fourth-order valence-corrected chi connectivity index (χ4v) is 5.85. The molecule has 0 atom stereocenters. The lowest BCUT2D eigenvalue weighted by atomic mass is 9.98. The van der Waals surface area contributed by atoms with E-state index in [1.54, 1.807) is 23.2 Å². The minimum absolute atomic E-state index is 0.130. The molecule has 2 aromatic heterocycles. The molecule has 7 rings (SSSR count). The van der Waals surface area contributed by atoms with Crippen molar-refractivity contribution in [1.29, 1.82) is 0 Å². The molecule has 40 heavy (non-hydrogen) atoms. The second-order valence-electron chi connectivity index (χ2n) is 10.3. The normalized spacial score (nSPS) is 15.2. The van der Waals surface area contributed by atoms with Gasteiger partial charge in [-0.1, -0.05) is 30.4 Å². The van der Waals surface area contributed by atoms with Crippen LogP contribution in [0, 0.1) is 0 Å². The molecular weight excluding hydrogens is 513 g/mol. The van der Waals surface area contributed by atoms with E-state index < -0.39 is 17.3 Å². The summed E-state index contributed by atoms with van der Waals surface area (Å²) in [6.45, 7) is 2.19. The van der Waals surface area contributed by atoms with Crippen molar-refractivity contribution in [3.8, 4) is 16.8 Å². The number of hydrogen-bond acceptors (Lipinski definition) is 4. The largest absolute Gasteiger partial charge is 0.418 e. The smallest absolute Gasteiger partial charge is 0.368 e. The molecule has 1 saturated heterocycles. The highest BCUT2D eigenvalue weighted by molar-refractivity contribution is 6.05. The van der Waals surface area contributed by atoms with Crippen molar-refractivity contribution < 1.29 is 13.2 Å². The summed E-state index contributed by atoms with van der Waals surface area (Å²) in [5, 5.41) is 4.54. The zero-order valence-corrected chi connectivity index (χ0v) is 21.5. The van der Waals surface area contributed by atoms with E-state index in [0.29, 0.717) is 48.0 Å². The van der Waals surface area contributed by atoms with Crippen molar-refractivity contribution in [3.05, 3.63) is 106 Å². The van der Waals surface area contributed by atoms with E-state index in [2.05, 4.69) is 40.7 Å². The van der Waals surface area contributed by atoms with Crippen LogP contribution in [0.2, 0.25) is 0 Å². The van der Waals surface area contributed by atoms with Crippen LogP contribution in [0.5, 0.6) is 0 Å². The van der Waals surface area contributed by atoms with Crippen molar-refractivity contribution in [2.24, 2.45) is 0 Å². The van der Waals surface area contributed by atoms with Crippen LogP contribution in [0.15, 0.2) is 83.8 Å². The molecule has 1 aliphatic carbocycles. The van der Waals surface area contributed by atoms with Crippen LogP contribution in [-0.4, -0.2) is 35.7 Å². The second-order valence-corrected chi connectivity index (χ2v) is 10.3. The number of halogens is 3. The zero-order chi connectivity index (χ0) is 27.4. The lowest BCUT2D eigenvalue weighted by molar-refractivity contribution is -0.137. The first kappa shape index (κ1) is 24.6. The predicted octanol–water partition coefficient (Wildman–Crippen LogP) is 6.20. The molecule has 5 aromatic rings. The van der Waals surface area contributed by atoms with Crippen LogP contribution in [0.3, 0.4) is 0 Å². The molecule has 1 fully saturated rings. The first-order valence-electron chi connectivity index (χ1n) is 13.3. The van der Waals surface area contributed by atoms with E-state index in [-0.39, 0.29) is 11.4 Å². The quantitative estimate of drug-likeness (QED) is 0.278. The van der Waals surface area contributed by atoms with Crippen LogP contribution < -0.4 is 15.8 Å². The van der Waals surface area contributed by atoms with Gasteiger partial charge in [-0.3, -0.25) is 14.3 Å². The Morgan fingerprint density at radius 1 is 0.875 bits per heavy atom. The molecule has 0 unspecified atom stereocenters. The summed E-state index contributed by atoms with van der Waals surface area (Å²) in [5.41, 5.74) is 4.75. The molecule has 1 aliphatic heterocycles. The first-order chi connectivity index (χ1) is 19.4. The highest BCUT2D eigenvalue weighted by Gasteiger charge is 2.36. The third-order valence-electron chi connectivity index (χ3n) is 7.83. The molecule has 0 bridgehead atoms. The van der Waals surface area contributed by atoms with E-state index in [4.69, 9.17) is 0 Å². The Morgan fingerprint density at radius 2 is 1.68 bits per heavy atom. The lowest BCUT2D eigenvalue weighted by Gasteiger charge is -2.32. The Balaban J connectivity index is 1.45. The minimum Gasteiger partial charge on any atom is -0.368 e. The lowest BCUT2D eigenvalue weighted by Crippen LogP contribution is -2.44. The number of nitrogens with one attached hydrogen (secondary N) is 1. The average molecular weight is 539 g/mol. The maximum Gasteiger partial charge on any atom is 0.418 e. The van der Waals surface area contributed by atoms with Gasteiger partial charge in [0, 0.05) is 54.9 Å². The van der Waals surface area contributed by atoms with Crippen LogP contribution in [0.25, 0.3) is 44.7 Å². The van der Waals surface area contributed by atoms with Gasteiger partial charge in [-0.05, 0) is 71.1 Å². The summed E-state index contributed by atoms with van der Waals surface area (Å²) in [4.78, 5) is 19.7. The summed E-state index contributed by atoms with van der Waals surface area (Å²) >= 11 is 0. The minimum atomic E-state index is -4.58. The number of allylic oxidation sites excluding steroid dienone is 1. The highest BCUT2D eigenvalue weighted by atomic mass is 19.4. The number of piperazine rings is 1. The molecule has 5 nitrogen and oxygen atoms in total. The van der Waals surface area contributed by atoms with Gasteiger partial charge in [0.25, 0.3) is 5.56 Å². The van der Waals surface area contributed by atoms with Crippen molar-refractivity contribution in [2.45, 2.75) is 12.6 Å². The summed E-state index contributed by atoms with van der Waals surface area (Å²) in [6, 6.07) is 19.4. The Bertz CT molecular complexity index is 1880. The maximum absolute atomic E-state index is 14.4. The molecule has 3 aromatic carbocycles. The SMILES string of the molecule is O=c1ccc2cnc3ccc(-c4ccc5c(c4)C=CC5)cc3c2n1-c1ccc(N2CCNCC2)c(C(F)(F)F)c1. The van der Waals surface area contributed by atoms with E-state index in [1.165, 1.54) is 27.8 Å². The van der Waals surface area contributed by atoms with E-state index >= 15 is 0 Å². The van der Waals surface area contributed by atoms with Gasteiger partial charge in [-0.2, -0.15) is 13.2 Å². The predicted molar refractivity (Wildman–Crippen MR) is 153 cm³/mol. The Hall–Kier alpha value is -4.43. The monoisotopic (exact) mass is 538 g/mol. The molecule has 1 N–H and O–H groups in total. The average Bonchev–Trinajstić information content (AvgIpc) is 3.45. The number of fused-ring (bicyclic) bond motifs is 4. The number of anilines is 1. The number of nitrogens with zero attached hydrogens (tertiary/aromatic N) is 3. The van der Waals surface area contributed by atoms with Crippen LogP contribution in [0.4, 0.5) is 18.9 Å². The van der Waals surface area contributed by atoms with Crippen LogP contribution >= 0.6 is 0 Å². The molecular formula is C32H25F3N4O. The molecule has 0 radical (unpaired) electrons.